The average molecular weight is 540 g/mol. The summed E-state index contributed by atoms with van der Waals surface area (Å²) < 4.78 is 10.7. The molecular weight excluding hydrogens is 507 g/mol. The number of methoxy groups -OCH3 is 2. The molecule has 0 aromatic heterocycles. The van der Waals surface area contributed by atoms with Crippen LogP contribution in [0.1, 0.15) is 18.1 Å². The van der Waals surface area contributed by atoms with E-state index in [-0.39, 0.29) is 36.4 Å². The molecule has 0 bridgehead atoms. The SMILES string of the molecule is CCNC(=NCC(=O)NCc1ccccc1)N(C)CCc1ccc(OC)c(OC)c1.I. The third-order valence-corrected chi connectivity index (χ3v) is 4.59. The van der Waals surface area contributed by atoms with Gasteiger partial charge in [0.25, 0.3) is 0 Å². The van der Waals surface area contributed by atoms with Crippen molar-refractivity contribution in [3.8, 4) is 11.5 Å². The summed E-state index contributed by atoms with van der Waals surface area (Å²) in [5.41, 5.74) is 2.20. The highest BCUT2D eigenvalue weighted by Gasteiger charge is 2.09. The van der Waals surface area contributed by atoms with Crippen molar-refractivity contribution in [2.75, 3.05) is 40.9 Å². The normalized spacial score (nSPS) is 10.6. The van der Waals surface area contributed by atoms with Gasteiger partial charge in [0.2, 0.25) is 5.91 Å². The fourth-order valence-electron chi connectivity index (χ4n) is 2.91. The van der Waals surface area contributed by atoms with Crippen molar-refractivity contribution in [2.24, 2.45) is 4.99 Å². The van der Waals surface area contributed by atoms with Crippen LogP contribution < -0.4 is 20.1 Å². The summed E-state index contributed by atoms with van der Waals surface area (Å²) in [7, 11) is 5.22. The van der Waals surface area contributed by atoms with E-state index in [1.54, 1.807) is 14.2 Å². The van der Waals surface area contributed by atoms with Crippen molar-refractivity contribution in [3.05, 3.63) is 59.7 Å². The average Bonchev–Trinajstić information content (AvgIpc) is 2.79. The number of carbonyl (C=O) groups excluding carboxylic acids is 1. The van der Waals surface area contributed by atoms with Crippen LogP contribution in [0.25, 0.3) is 0 Å². The van der Waals surface area contributed by atoms with Gasteiger partial charge in [-0.3, -0.25) is 4.79 Å². The maximum Gasteiger partial charge on any atom is 0.242 e. The van der Waals surface area contributed by atoms with Gasteiger partial charge in [-0.1, -0.05) is 36.4 Å². The molecule has 2 N–H and O–H groups in total. The van der Waals surface area contributed by atoms with Crippen LogP contribution >= 0.6 is 24.0 Å². The first-order valence-corrected chi connectivity index (χ1v) is 10.1. The number of rotatable bonds is 10. The van der Waals surface area contributed by atoms with Gasteiger partial charge in [0.15, 0.2) is 17.5 Å². The van der Waals surface area contributed by atoms with E-state index in [9.17, 15) is 4.79 Å². The largest absolute Gasteiger partial charge is 0.493 e. The lowest BCUT2D eigenvalue weighted by Gasteiger charge is -2.22. The van der Waals surface area contributed by atoms with Gasteiger partial charge in [0, 0.05) is 26.7 Å². The van der Waals surface area contributed by atoms with Gasteiger partial charge < -0.3 is 25.0 Å². The third kappa shape index (κ3) is 9.04. The first kappa shape index (κ1) is 26.5. The number of carbonyl (C=O) groups is 1. The fraction of sp³-hybridized carbons (Fsp3) is 0.391. The number of nitrogens with zero attached hydrogens (tertiary/aromatic N) is 2. The molecule has 31 heavy (non-hydrogen) atoms. The summed E-state index contributed by atoms with van der Waals surface area (Å²) in [6.07, 6.45) is 0.807. The lowest BCUT2D eigenvalue weighted by Crippen LogP contribution is -2.40. The van der Waals surface area contributed by atoms with Crippen LogP contribution in [0.15, 0.2) is 53.5 Å². The van der Waals surface area contributed by atoms with Crippen LogP contribution in [0.2, 0.25) is 0 Å². The summed E-state index contributed by atoms with van der Waals surface area (Å²) in [5.74, 6) is 2.02. The second-order valence-corrected chi connectivity index (χ2v) is 6.79. The summed E-state index contributed by atoms with van der Waals surface area (Å²) in [6.45, 7) is 4.06. The zero-order chi connectivity index (χ0) is 21.8. The molecule has 0 aliphatic heterocycles. The van der Waals surface area contributed by atoms with E-state index in [1.807, 2.05) is 67.4 Å². The molecule has 7 nitrogen and oxygen atoms in total. The van der Waals surface area contributed by atoms with Crippen LogP contribution in [-0.4, -0.2) is 57.7 Å². The van der Waals surface area contributed by atoms with Crippen LogP contribution in [0, 0.1) is 0 Å². The molecule has 2 aromatic carbocycles. The number of nitrogens with one attached hydrogen (secondary N) is 2. The summed E-state index contributed by atoms with van der Waals surface area (Å²) in [6, 6.07) is 15.7. The topological polar surface area (TPSA) is 75.2 Å². The molecule has 0 aliphatic rings. The van der Waals surface area contributed by atoms with Gasteiger partial charge in [0.05, 0.1) is 14.2 Å². The number of aliphatic imine (C=N–C) groups is 1. The number of amides is 1. The molecule has 0 spiro atoms. The number of halogens is 1. The molecular formula is C23H33IN4O3. The quantitative estimate of drug-likeness (QED) is 0.275. The van der Waals surface area contributed by atoms with E-state index in [0.717, 1.165) is 30.6 Å². The van der Waals surface area contributed by atoms with Crippen molar-refractivity contribution >= 4 is 35.8 Å². The van der Waals surface area contributed by atoms with E-state index in [4.69, 9.17) is 9.47 Å². The first-order valence-electron chi connectivity index (χ1n) is 10.1. The maximum absolute atomic E-state index is 12.2. The van der Waals surface area contributed by atoms with E-state index in [0.29, 0.717) is 24.0 Å². The van der Waals surface area contributed by atoms with Crippen molar-refractivity contribution in [1.29, 1.82) is 0 Å². The lowest BCUT2D eigenvalue weighted by molar-refractivity contribution is -0.119. The zero-order valence-electron chi connectivity index (χ0n) is 18.7. The summed E-state index contributed by atoms with van der Waals surface area (Å²) >= 11 is 0. The van der Waals surface area contributed by atoms with Gasteiger partial charge >= 0.3 is 0 Å². The Kier molecular flexibility index (Phi) is 12.4. The minimum absolute atomic E-state index is 0. The Balaban J connectivity index is 0.00000480. The van der Waals surface area contributed by atoms with E-state index in [2.05, 4.69) is 15.6 Å². The van der Waals surface area contributed by atoms with Crippen LogP contribution in [0.4, 0.5) is 0 Å². The molecule has 8 heteroatoms. The lowest BCUT2D eigenvalue weighted by atomic mass is 10.1. The molecule has 0 atom stereocenters. The summed E-state index contributed by atoms with van der Waals surface area (Å²) in [4.78, 5) is 18.7. The van der Waals surface area contributed by atoms with Gasteiger partial charge in [-0.25, -0.2) is 4.99 Å². The van der Waals surface area contributed by atoms with Crippen molar-refractivity contribution < 1.29 is 14.3 Å². The highest BCUT2D eigenvalue weighted by atomic mass is 127. The fourth-order valence-corrected chi connectivity index (χ4v) is 2.91. The van der Waals surface area contributed by atoms with Crippen molar-refractivity contribution in [2.45, 2.75) is 19.9 Å². The van der Waals surface area contributed by atoms with Gasteiger partial charge in [-0.15, -0.1) is 24.0 Å². The van der Waals surface area contributed by atoms with Crippen molar-refractivity contribution in [1.82, 2.24) is 15.5 Å². The number of guanidine groups is 1. The second kappa shape index (κ2) is 14.5. The standard InChI is InChI=1S/C23H32N4O3.HI/c1-5-24-23(26-17-22(28)25-16-19-9-7-6-8-10-19)27(2)14-13-18-11-12-20(29-3)21(15-18)30-4;/h6-12,15H,5,13-14,16-17H2,1-4H3,(H,24,26)(H,25,28);1H. The molecule has 0 fully saturated rings. The van der Waals surface area contributed by atoms with Gasteiger partial charge in [-0.05, 0) is 36.6 Å². The Morgan fingerprint density at radius 1 is 1.00 bits per heavy atom. The number of benzene rings is 2. The molecule has 0 aliphatic carbocycles. The smallest absolute Gasteiger partial charge is 0.242 e. The number of hydrogen-bond acceptors (Lipinski definition) is 4. The predicted octanol–water partition coefficient (Wildman–Crippen LogP) is 3.08. The predicted molar refractivity (Wildman–Crippen MR) is 136 cm³/mol. The maximum atomic E-state index is 12.2. The number of ether oxygens (including phenoxy) is 2. The van der Waals surface area contributed by atoms with Gasteiger partial charge in [-0.2, -0.15) is 0 Å². The van der Waals surface area contributed by atoms with E-state index in [1.165, 1.54) is 0 Å². The molecule has 0 unspecified atom stereocenters. The molecule has 1 amide bonds. The number of likely N-dealkylation sites (N-methyl/N-ethyl adjacent to an activating group) is 1. The Labute approximate surface area is 202 Å². The van der Waals surface area contributed by atoms with Crippen LogP contribution in [0.3, 0.4) is 0 Å². The third-order valence-electron chi connectivity index (χ3n) is 4.59. The molecule has 170 valence electrons. The zero-order valence-corrected chi connectivity index (χ0v) is 21.0. The Morgan fingerprint density at radius 3 is 2.35 bits per heavy atom. The van der Waals surface area contributed by atoms with Crippen molar-refractivity contribution in [3.63, 3.8) is 0 Å². The highest BCUT2D eigenvalue weighted by Crippen LogP contribution is 2.27. The molecule has 0 saturated carbocycles. The van der Waals surface area contributed by atoms with Crippen LogP contribution in [-0.2, 0) is 17.8 Å². The second-order valence-electron chi connectivity index (χ2n) is 6.79. The monoisotopic (exact) mass is 540 g/mol. The number of hydrogen-bond donors (Lipinski definition) is 2. The molecule has 0 heterocycles. The Hall–Kier alpha value is -2.49. The van der Waals surface area contributed by atoms with Gasteiger partial charge in [0.1, 0.15) is 6.54 Å². The molecule has 0 radical (unpaired) electrons. The Morgan fingerprint density at radius 2 is 1.71 bits per heavy atom. The molecule has 2 rings (SSSR count). The Bertz CT molecular complexity index is 831. The molecule has 2 aromatic rings. The minimum atomic E-state index is -0.109. The van der Waals surface area contributed by atoms with E-state index >= 15 is 0 Å². The molecule has 0 saturated heterocycles. The van der Waals surface area contributed by atoms with Crippen LogP contribution in [0.5, 0.6) is 11.5 Å². The highest BCUT2D eigenvalue weighted by molar-refractivity contribution is 14.0. The summed E-state index contributed by atoms with van der Waals surface area (Å²) in [5, 5.41) is 6.14. The first-order chi connectivity index (χ1) is 14.6. The van der Waals surface area contributed by atoms with E-state index < -0.39 is 0 Å². The minimum Gasteiger partial charge on any atom is -0.493 e.